The summed E-state index contributed by atoms with van der Waals surface area (Å²) in [6, 6.07) is 0.333. The van der Waals surface area contributed by atoms with Crippen LogP contribution in [-0.4, -0.2) is 33.5 Å². The number of imidazole rings is 1. The minimum Gasteiger partial charge on any atom is -0.342 e. The highest BCUT2D eigenvalue weighted by Gasteiger charge is 2.19. The third-order valence-electron chi connectivity index (χ3n) is 3.19. The van der Waals surface area contributed by atoms with Crippen molar-refractivity contribution in [2.45, 2.75) is 18.9 Å². The fourth-order valence-corrected chi connectivity index (χ4v) is 2.61. The van der Waals surface area contributed by atoms with Crippen molar-refractivity contribution in [2.24, 2.45) is 5.73 Å². The number of halogens is 1. The molecular formula is C11H14BrN5. The molecule has 6 heteroatoms. The van der Waals surface area contributed by atoms with Gasteiger partial charge in [0.25, 0.3) is 0 Å². The monoisotopic (exact) mass is 295 g/mol. The molecule has 17 heavy (non-hydrogen) atoms. The Balaban J connectivity index is 2.00. The maximum absolute atomic E-state index is 5.92. The summed E-state index contributed by atoms with van der Waals surface area (Å²) in [5.41, 5.74) is 6.83. The first-order chi connectivity index (χ1) is 8.25. The highest BCUT2D eigenvalue weighted by atomic mass is 79.9. The Morgan fingerprint density at radius 2 is 2.06 bits per heavy atom. The van der Waals surface area contributed by atoms with Crippen molar-refractivity contribution in [1.82, 2.24) is 14.4 Å². The molecule has 1 aliphatic rings. The zero-order valence-electron chi connectivity index (χ0n) is 9.38. The number of rotatable bonds is 1. The van der Waals surface area contributed by atoms with Gasteiger partial charge in [-0.25, -0.2) is 9.97 Å². The number of aromatic nitrogens is 3. The van der Waals surface area contributed by atoms with Gasteiger partial charge < -0.3 is 10.6 Å². The molecule has 0 amide bonds. The predicted molar refractivity (Wildman–Crippen MR) is 70.1 cm³/mol. The molecule has 0 unspecified atom stereocenters. The van der Waals surface area contributed by atoms with Crippen LogP contribution in [0.25, 0.3) is 5.65 Å². The first-order valence-electron chi connectivity index (χ1n) is 5.74. The lowest BCUT2D eigenvalue weighted by Crippen LogP contribution is -2.40. The van der Waals surface area contributed by atoms with E-state index in [0.29, 0.717) is 6.04 Å². The maximum Gasteiger partial charge on any atom is 0.211 e. The van der Waals surface area contributed by atoms with Gasteiger partial charge in [0.2, 0.25) is 5.95 Å². The fourth-order valence-electron chi connectivity index (χ4n) is 2.21. The second-order valence-corrected chi connectivity index (χ2v) is 5.21. The van der Waals surface area contributed by atoms with E-state index in [1.54, 1.807) is 6.20 Å². The Bertz CT molecular complexity index is 530. The van der Waals surface area contributed by atoms with Crippen LogP contribution in [0.1, 0.15) is 12.8 Å². The van der Waals surface area contributed by atoms with Crippen LogP contribution >= 0.6 is 15.9 Å². The van der Waals surface area contributed by atoms with Gasteiger partial charge >= 0.3 is 0 Å². The number of nitrogens with zero attached hydrogens (tertiary/aromatic N) is 4. The van der Waals surface area contributed by atoms with Crippen molar-refractivity contribution in [3.05, 3.63) is 23.1 Å². The molecule has 0 radical (unpaired) electrons. The lowest BCUT2D eigenvalue weighted by atomic mass is 10.1. The number of piperidine rings is 1. The molecule has 5 nitrogen and oxygen atoms in total. The summed E-state index contributed by atoms with van der Waals surface area (Å²) in [5.74, 6) is 0.951. The fraction of sp³-hybridized carbons (Fsp3) is 0.455. The van der Waals surface area contributed by atoms with E-state index in [4.69, 9.17) is 5.73 Å². The SMILES string of the molecule is NC1CCN(c2ncc(Br)c3nccn23)CC1. The van der Waals surface area contributed by atoms with Crippen LogP contribution in [0.2, 0.25) is 0 Å². The van der Waals surface area contributed by atoms with Gasteiger partial charge in [-0.1, -0.05) is 0 Å². The smallest absolute Gasteiger partial charge is 0.211 e. The molecule has 0 aliphatic carbocycles. The summed E-state index contributed by atoms with van der Waals surface area (Å²) in [6.45, 7) is 1.92. The summed E-state index contributed by atoms with van der Waals surface area (Å²) < 4.78 is 2.93. The molecular weight excluding hydrogens is 282 g/mol. The van der Waals surface area contributed by atoms with E-state index in [1.807, 2.05) is 16.8 Å². The standard InChI is InChI=1S/C11H14BrN5/c12-9-7-15-11(17-6-3-14-10(9)17)16-4-1-8(13)2-5-16/h3,6-8H,1-2,4-5,13H2. The van der Waals surface area contributed by atoms with Crippen LogP contribution in [0, 0.1) is 0 Å². The van der Waals surface area contributed by atoms with Crippen molar-refractivity contribution in [3.8, 4) is 0 Å². The van der Waals surface area contributed by atoms with Crippen LogP contribution in [0.5, 0.6) is 0 Å². The van der Waals surface area contributed by atoms with Gasteiger partial charge in [-0.3, -0.25) is 4.40 Å². The Morgan fingerprint density at radius 1 is 1.29 bits per heavy atom. The number of hydrogen-bond donors (Lipinski definition) is 1. The van der Waals surface area contributed by atoms with E-state index in [1.165, 1.54) is 0 Å². The molecule has 2 aromatic heterocycles. The third-order valence-corrected chi connectivity index (χ3v) is 3.75. The van der Waals surface area contributed by atoms with Crippen molar-refractivity contribution in [3.63, 3.8) is 0 Å². The molecule has 0 bridgehead atoms. The van der Waals surface area contributed by atoms with Gasteiger partial charge in [-0.2, -0.15) is 0 Å². The Kier molecular flexibility index (Phi) is 2.76. The van der Waals surface area contributed by atoms with Crippen LogP contribution in [0.15, 0.2) is 23.1 Å². The maximum atomic E-state index is 5.92. The molecule has 0 spiro atoms. The minimum absolute atomic E-state index is 0.333. The second kappa shape index (κ2) is 4.27. The Hall–Kier alpha value is -1.14. The molecule has 3 rings (SSSR count). The molecule has 2 N–H and O–H groups in total. The van der Waals surface area contributed by atoms with Crippen molar-refractivity contribution in [2.75, 3.05) is 18.0 Å². The lowest BCUT2D eigenvalue weighted by Gasteiger charge is -2.31. The Morgan fingerprint density at radius 3 is 2.82 bits per heavy atom. The number of fused-ring (bicyclic) bond motifs is 1. The molecule has 1 fully saturated rings. The molecule has 2 aromatic rings. The van der Waals surface area contributed by atoms with E-state index >= 15 is 0 Å². The van der Waals surface area contributed by atoms with Gasteiger partial charge in [-0.15, -0.1) is 0 Å². The highest BCUT2D eigenvalue weighted by Crippen LogP contribution is 2.22. The quantitative estimate of drug-likeness (QED) is 0.864. The molecule has 0 saturated carbocycles. The minimum atomic E-state index is 0.333. The van der Waals surface area contributed by atoms with Crippen LogP contribution in [0.4, 0.5) is 5.95 Å². The van der Waals surface area contributed by atoms with Gasteiger partial charge in [0.15, 0.2) is 5.65 Å². The summed E-state index contributed by atoms with van der Waals surface area (Å²) in [4.78, 5) is 11.1. The van der Waals surface area contributed by atoms with Crippen LogP contribution in [-0.2, 0) is 0 Å². The van der Waals surface area contributed by atoms with Crippen molar-refractivity contribution in [1.29, 1.82) is 0 Å². The zero-order chi connectivity index (χ0) is 11.8. The molecule has 90 valence electrons. The van der Waals surface area contributed by atoms with Gasteiger partial charge in [0, 0.05) is 37.7 Å². The average Bonchev–Trinajstić information content (AvgIpc) is 2.81. The lowest BCUT2D eigenvalue weighted by molar-refractivity contribution is 0.494. The number of nitrogens with two attached hydrogens (primary N) is 1. The molecule has 0 atom stereocenters. The molecule has 0 aromatic carbocycles. The average molecular weight is 296 g/mol. The van der Waals surface area contributed by atoms with Gasteiger partial charge in [0.05, 0.1) is 4.47 Å². The Labute approximate surface area is 108 Å². The predicted octanol–water partition coefficient (Wildman–Crippen LogP) is 1.42. The van der Waals surface area contributed by atoms with E-state index in [0.717, 1.165) is 42.0 Å². The summed E-state index contributed by atoms with van der Waals surface area (Å²) >= 11 is 3.46. The summed E-state index contributed by atoms with van der Waals surface area (Å²) in [5, 5.41) is 0. The largest absolute Gasteiger partial charge is 0.342 e. The summed E-state index contributed by atoms with van der Waals surface area (Å²) in [6.07, 6.45) is 7.59. The number of hydrogen-bond acceptors (Lipinski definition) is 4. The molecule has 1 aliphatic heterocycles. The molecule has 1 saturated heterocycles. The highest BCUT2D eigenvalue weighted by molar-refractivity contribution is 9.10. The van der Waals surface area contributed by atoms with E-state index in [9.17, 15) is 0 Å². The normalized spacial score (nSPS) is 17.9. The van der Waals surface area contributed by atoms with Gasteiger partial charge in [0.1, 0.15) is 0 Å². The van der Waals surface area contributed by atoms with Crippen LogP contribution < -0.4 is 10.6 Å². The topological polar surface area (TPSA) is 59.5 Å². The second-order valence-electron chi connectivity index (χ2n) is 4.35. The van der Waals surface area contributed by atoms with Crippen molar-refractivity contribution >= 4 is 27.5 Å². The molecule has 3 heterocycles. The zero-order valence-corrected chi connectivity index (χ0v) is 11.0. The van der Waals surface area contributed by atoms with E-state index < -0.39 is 0 Å². The first-order valence-corrected chi connectivity index (χ1v) is 6.53. The van der Waals surface area contributed by atoms with E-state index in [2.05, 4.69) is 30.8 Å². The number of anilines is 1. The summed E-state index contributed by atoms with van der Waals surface area (Å²) in [7, 11) is 0. The van der Waals surface area contributed by atoms with Crippen LogP contribution in [0.3, 0.4) is 0 Å². The van der Waals surface area contributed by atoms with Crippen molar-refractivity contribution < 1.29 is 0 Å². The first kappa shape index (κ1) is 11.0. The van der Waals surface area contributed by atoms with Gasteiger partial charge in [-0.05, 0) is 28.8 Å². The van der Waals surface area contributed by atoms with E-state index in [-0.39, 0.29) is 0 Å². The third kappa shape index (κ3) is 1.91.